The third kappa shape index (κ3) is 7.03. The first-order valence-electron chi connectivity index (χ1n) is 11.8. The number of carbonyl (C=O) groups is 1. The molecule has 0 atom stereocenters. The van der Waals surface area contributed by atoms with E-state index in [0.717, 1.165) is 16.7 Å². The Hall–Kier alpha value is -2.62. The molecule has 1 aliphatic rings. The van der Waals surface area contributed by atoms with Crippen LogP contribution >= 0.6 is 23.2 Å². The molecule has 0 radical (unpaired) electrons. The Bertz CT molecular complexity index is 1370. The topological polar surface area (TPSA) is 87.2 Å². The van der Waals surface area contributed by atoms with E-state index in [1.165, 1.54) is 4.31 Å². The first kappa shape index (κ1) is 27.4. The predicted molar refractivity (Wildman–Crippen MR) is 144 cm³/mol. The molecule has 1 N–H and O–H groups in total. The van der Waals surface area contributed by atoms with Crippen LogP contribution in [0.15, 0.2) is 65.6 Å². The molecule has 3 aromatic carbocycles. The SMILES string of the molecule is Cc1ccc(S(=O)(=O)N2CCN(Cc3cc(CC(=O)O)ccc3OCc3ccc(Cl)c(Cl)c3)CC2)cc1. The van der Waals surface area contributed by atoms with E-state index >= 15 is 0 Å². The molecule has 0 saturated carbocycles. The van der Waals surface area contributed by atoms with Gasteiger partial charge in [-0.1, -0.05) is 59.1 Å². The zero-order chi connectivity index (χ0) is 26.6. The quantitative estimate of drug-likeness (QED) is 0.394. The number of carboxylic acids is 1. The summed E-state index contributed by atoms with van der Waals surface area (Å²) in [7, 11) is -3.55. The van der Waals surface area contributed by atoms with Crippen LogP contribution < -0.4 is 4.74 Å². The molecule has 10 heteroatoms. The van der Waals surface area contributed by atoms with Gasteiger partial charge in [-0.2, -0.15) is 4.31 Å². The van der Waals surface area contributed by atoms with Gasteiger partial charge in [-0.05, 0) is 48.4 Å². The molecule has 1 saturated heterocycles. The van der Waals surface area contributed by atoms with Crippen LogP contribution in [0.4, 0.5) is 0 Å². The van der Waals surface area contributed by atoms with Crippen LogP contribution in [0.1, 0.15) is 22.3 Å². The number of hydrogen-bond donors (Lipinski definition) is 1. The molecule has 3 aromatic rings. The molecule has 7 nitrogen and oxygen atoms in total. The molecule has 196 valence electrons. The van der Waals surface area contributed by atoms with E-state index in [-0.39, 0.29) is 13.0 Å². The molecule has 0 spiro atoms. The normalized spacial score (nSPS) is 15.0. The standard InChI is InChI=1S/C27H28Cl2N2O5S/c1-19-2-6-23(7-3-19)37(34,35)31-12-10-30(11-13-31)17-22-14-20(16-27(32)33)5-9-26(22)36-18-21-4-8-24(28)25(29)15-21/h2-9,14-15H,10-13,16-18H2,1H3,(H,32,33). The van der Waals surface area contributed by atoms with Gasteiger partial charge in [0.2, 0.25) is 10.0 Å². The van der Waals surface area contributed by atoms with Gasteiger partial charge in [-0.3, -0.25) is 9.69 Å². The first-order valence-corrected chi connectivity index (χ1v) is 14.0. The maximum atomic E-state index is 13.0. The summed E-state index contributed by atoms with van der Waals surface area (Å²) < 4.78 is 33.7. The van der Waals surface area contributed by atoms with E-state index in [2.05, 4.69) is 4.90 Å². The van der Waals surface area contributed by atoms with Gasteiger partial charge in [-0.25, -0.2) is 8.42 Å². The summed E-state index contributed by atoms with van der Waals surface area (Å²) in [5.41, 5.74) is 3.37. The van der Waals surface area contributed by atoms with Gasteiger partial charge in [0.15, 0.2) is 0 Å². The van der Waals surface area contributed by atoms with Gasteiger partial charge in [0.25, 0.3) is 0 Å². The fourth-order valence-corrected chi connectivity index (χ4v) is 5.94. The van der Waals surface area contributed by atoms with E-state index in [1.807, 2.05) is 19.1 Å². The summed E-state index contributed by atoms with van der Waals surface area (Å²) in [6, 6.07) is 17.5. The van der Waals surface area contributed by atoms with Crippen LogP contribution in [0.5, 0.6) is 5.75 Å². The maximum Gasteiger partial charge on any atom is 0.307 e. The Balaban J connectivity index is 1.45. The van der Waals surface area contributed by atoms with Crippen molar-refractivity contribution in [2.24, 2.45) is 0 Å². The lowest BCUT2D eigenvalue weighted by molar-refractivity contribution is -0.136. The lowest BCUT2D eigenvalue weighted by Gasteiger charge is -2.34. The lowest BCUT2D eigenvalue weighted by Crippen LogP contribution is -2.48. The third-order valence-electron chi connectivity index (χ3n) is 6.24. The van der Waals surface area contributed by atoms with E-state index in [1.54, 1.807) is 48.5 Å². The summed E-state index contributed by atoms with van der Waals surface area (Å²) in [5.74, 6) is -0.278. The number of rotatable bonds is 9. The van der Waals surface area contributed by atoms with Gasteiger partial charge in [0.05, 0.1) is 21.4 Å². The Morgan fingerprint density at radius 3 is 2.24 bits per heavy atom. The monoisotopic (exact) mass is 562 g/mol. The predicted octanol–water partition coefficient (Wildman–Crippen LogP) is 5.01. The number of carboxylic acid groups (broad SMARTS) is 1. The van der Waals surface area contributed by atoms with Gasteiger partial charge < -0.3 is 9.84 Å². The minimum atomic E-state index is -3.55. The molecule has 37 heavy (non-hydrogen) atoms. The van der Waals surface area contributed by atoms with Crippen molar-refractivity contribution in [3.05, 3.63) is 93.0 Å². The van der Waals surface area contributed by atoms with E-state index in [4.69, 9.17) is 27.9 Å². The largest absolute Gasteiger partial charge is 0.489 e. The second-order valence-electron chi connectivity index (χ2n) is 9.04. The number of sulfonamides is 1. The highest BCUT2D eigenvalue weighted by atomic mass is 35.5. The minimum absolute atomic E-state index is 0.0946. The van der Waals surface area contributed by atoms with Crippen LogP contribution in [0.3, 0.4) is 0 Å². The van der Waals surface area contributed by atoms with Gasteiger partial charge in [0.1, 0.15) is 12.4 Å². The Morgan fingerprint density at radius 2 is 1.59 bits per heavy atom. The van der Waals surface area contributed by atoms with Crippen LogP contribution in [-0.4, -0.2) is 54.9 Å². The molecule has 0 amide bonds. The van der Waals surface area contributed by atoms with Crippen LogP contribution in [0.25, 0.3) is 0 Å². The van der Waals surface area contributed by atoms with E-state index in [0.29, 0.717) is 59.0 Å². The number of halogens is 2. The van der Waals surface area contributed by atoms with Crippen molar-refractivity contribution >= 4 is 39.2 Å². The van der Waals surface area contributed by atoms with E-state index in [9.17, 15) is 18.3 Å². The zero-order valence-corrected chi connectivity index (χ0v) is 22.7. The summed E-state index contributed by atoms with van der Waals surface area (Å²) in [4.78, 5) is 13.7. The van der Waals surface area contributed by atoms with Crippen LogP contribution in [0.2, 0.25) is 10.0 Å². The van der Waals surface area contributed by atoms with Crippen molar-refractivity contribution < 1.29 is 23.1 Å². The van der Waals surface area contributed by atoms with Crippen molar-refractivity contribution in [1.82, 2.24) is 9.21 Å². The summed E-state index contributed by atoms with van der Waals surface area (Å²) in [5, 5.41) is 10.1. The van der Waals surface area contributed by atoms with Crippen molar-refractivity contribution in [2.75, 3.05) is 26.2 Å². The number of nitrogens with zero attached hydrogens (tertiary/aromatic N) is 2. The number of benzene rings is 3. The number of aliphatic carboxylic acids is 1. The minimum Gasteiger partial charge on any atom is -0.489 e. The van der Waals surface area contributed by atoms with Gasteiger partial charge in [0, 0.05) is 38.3 Å². The fraction of sp³-hybridized carbons (Fsp3) is 0.296. The van der Waals surface area contributed by atoms with Crippen molar-refractivity contribution in [1.29, 1.82) is 0 Å². The molecule has 1 aliphatic heterocycles. The van der Waals surface area contributed by atoms with Crippen molar-refractivity contribution in [3.63, 3.8) is 0 Å². The van der Waals surface area contributed by atoms with Crippen LogP contribution in [-0.2, 0) is 34.4 Å². The number of aryl methyl sites for hydroxylation is 1. The molecule has 0 bridgehead atoms. The smallest absolute Gasteiger partial charge is 0.307 e. The number of piperazine rings is 1. The van der Waals surface area contributed by atoms with Crippen molar-refractivity contribution in [2.45, 2.75) is 31.4 Å². The number of ether oxygens (including phenoxy) is 1. The summed E-state index contributed by atoms with van der Waals surface area (Å²) in [6.45, 7) is 4.51. The second-order valence-corrected chi connectivity index (χ2v) is 11.8. The maximum absolute atomic E-state index is 13.0. The molecule has 1 fully saturated rings. The molecule has 0 unspecified atom stereocenters. The first-order chi connectivity index (χ1) is 17.6. The van der Waals surface area contributed by atoms with Crippen LogP contribution in [0, 0.1) is 6.92 Å². The second kappa shape index (κ2) is 11.8. The summed E-state index contributed by atoms with van der Waals surface area (Å²) >= 11 is 12.1. The average Bonchev–Trinajstić information content (AvgIpc) is 2.86. The number of hydrogen-bond acceptors (Lipinski definition) is 5. The highest BCUT2D eigenvalue weighted by Gasteiger charge is 2.28. The Morgan fingerprint density at radius 1 is 0.919 bits per heavy atom. The van der Waals surface area contributed by atoms with Gasteiger partial charge >= 0.3 is 5.97 Å². The Labute approximate surface area is 227 Å². The molecular formula is C27H28Cl2N2O5S. The molecule has 0 aromatic heterocycles. The zero-order valence-electron chi connectivity index (χ0n) is 20.4. The highest BCUT2D eigenvalue weighted by Crippen LogP contribution is 2.27. The summed E-state index contributed by atoms with van der Waals surface area (Å²) in [6.07, 6.45) is -0.0946. The Kier molecular flexibility index (Phi) is 8.77. The van der Waals surface area contributed by atoms with Gasteiger partial charge in [-0.15, -0.1) is 0 Å². The van der Waals surface area contributed by atoms with Crippen molar-refractivity contribution in [3.8, 4) is 5.75 Å². The highest BCUT2D eigenvalue weighted by molar-refractivity contribution is 7.89. The lowest BCUT2D eigenvalue weighted by atomic mass is 10.1. The van der Waals surface area contributed by atoms with E-state index < -0.39 is 16.0 Å². The molecule has 1 heterocycles. The fourth-order valence-electron chi connectivity index (χ4n) is 4.20. The molecule has 0 aliphatic carbocycles. The molecule has 4 rings (SSSR count). The third-order valence-corrected chi connectivity index (χ3v) is 8.89. The average molecular weight is 564 g/mol. The molecular weight excluding hydrogens is 535 g/mol.